The van der Waals surface area contributed by atoms with Crippen LogP contribution < -0.4 is 0 Å². The molecule has 2 aliphatic carbocycles. The summed E-state index contributed by atoms with van der Waals surface area (Å²) in [6.07, 6.45) is 3.12. The van der Waals surface area contributed by atoms with Crippen molar-refractivity contribution in [1.29, 1.82) is 0 Å². The van der Waals surface area contributed by atoms with E-state index in [-0.39, 0.29) is 23.4 Å². The Balaban J connectivity index is 2.46. The molecule has 2 aliphatic rings. The largest absolute Gasteiger partial charge is 0.462 e. The summed E-state index contributed by atoms with van der Waals surface area (Å²) in [7, 11) is 0. The third-order valence-corrected chi connectivity index (χ3v) is 5.12. The van der Waals surface area contributed by atoms with Crippen molar-refractivity contribution in [2.45, 2.75) is 65.6 Å². The van der Waals surface area contributed by atoms with Crippen molar-refractivity contribution in [3.63, 3.8) is 0 Å². The number of hydrogen-bond acceptors (Lipinski definition) is 3. The maximum Gasteiger partial charge on any atom is 0.302 e. The average Bonchev–Trinajstić information content (AvgIpc) is 2.31. The summed E-state index contributed by atoms with van der Waals surface area (Å²) in [6, 6.07) is 0. The van der Waals surface area contributed by atoms with E-state index in [1.165, 1.54) is 12.5 Å². The molecule has 0 amide bonds. The van der Waals surface area contributed by atoms with Gasteiger partial charge >= 0.3 is 5.97 Å². The smallest absolute Gasteiger partial charge is 0.302 e. The van der Waals surface area contributed by atoms with E-state index in [1.54, 1.807) is 0 Å². The lowest BCUT2D eigenvalue weighted by Crippen LogP contribution is -2.51. The summed E-state index contributed by atoms with van der Waals surface area (Å²) in [5, 5.41) is 10.8. The Morgan fingerprint density at radius 2 is 2.10 bits per heavy atom. The van der Waals surface area contributed by atoms with Crippen molar-refractivity contribution in [2.75, 3.05) is 0 Å². The number of fused-ring (bicyclic) bond motifs is 1. The SMILES string of the molecule is C=C(C)C1CC(OC(C)=O)C2(C)CCCC(C)=C2C1O. The van der Waals surface area contributed by atoms with Crippen molar-refractivity contribution >= 4 is 5.97 Å². The fraction of sp³-hybridized carbons (Fsp3) is 0.706. The van der Waals surface area contributed by atoms with E-state index in [4.69, 9.17) is 4.74 Å². The normalized spacial score (nSPS) is 37.4. The predicted molar refractivity (Wildman–Crippen MR) is 79.1 cm³/mol. The number of hydrogen-bond donors (Lipinski definition) is 1. The summed E-state index contributed by atoms with van der Waals surface area (Å²) >= 11 is 0. The number of rotatable bonds is 2. The number of carbonyl (C=O) groups excluding carboxylic acids is 1. The van der Waals surface area contributed by atoms with Gasteiger partial charge in [-0.1, -0.05) is 24.6 Å². The minimum Gasteiger partial charge on any atom is -0.462 e. The van der Waals surface area contributed by atoms with Gasteiger partial charge in [-0.15, -0.1) is 0 Å². The van der Waals surface area contributed by atoms with E-state index >= 15 is 0 Å². The van der Waals surface area contributed by atoms with Crippen molar-refractivity contribution in [1.82, 2.24) is 0 Å². The summed E-state index contributed by atoms with van der Waals surface area (Å²) in [6.45, 7) is 11.6. The minimum atomic E-state index is -0.482. The molecule has 3 heteroatoms. The zero-order chi connectivity index (χ0) is 15.1. The molecular weight excluding hydrogens is 252 g/mol. The molecule has 0 aromatic carbocycles. The van der Waals surface area contributed by atoms with Crippen LogP contribution >= 0.6 is 0 Å². The minimum absolute atomic E-state index is 0.0181. The average molecular weight is 278 g/mol. The van der Waals surface area contributed by atoms with Crippen LogP contribution in [0.25, 0.3) is 0 Å². The Bertz CT molecular complexity index is 463. The zero-order valence-electron chi connectivity index (χ0n) is 13.0. The monoisotopic (exact) mass is 278 g/mol. The molecule has 0 radical (unpaired) electrons. The second kappa shape index (κ2) is 5.36. The van der Waals surface area contributed by atoms with Crippen molar-refractivity contribution in [3.05, 3.63) is 23.3 Å². The summed E-state index contributed by atoms with van der Waals surface area (Å²) < 4.78 is 5.62. The number of carbonyl (C=O) groups is 1. The summed E-state index contributed by atoms with van der Waals surface area (Å²) in [5.41, 5.74) is 3.09. The molecule has 3 nitrogen and oxygen atoms in total. The van der Waals surface area contributed by atoms with E-state index < -0.39 is 6.10 Å². The maximum atomic E-state index is 11.4. The molecule has 4 unspecified atom stereocenters. The van der Waals surface area contributed by atoms with Gasteiger partial charge in [0.1, 0.15) is 6.10 Å². The molecule has 0 aromatic rings. The van der Waals surface area contributed by atoms with Gasteiger partial charge in [-0.3, -0.25) is 4.79 Å². The fourth-order valence-corrected chi connectivity index (χ4v) is 4.07. The third-order valence-electron chi connectivity index (χ3n) is 5.12. The molecule has 112 valence electrons. The van der Waals surface area contributed by atoms with E-state index in [0.717, 1.165) is 30.4 Å². The van der Waals surface area contributed by atoms with Crippen LogP contribution in [-0.4, -0.2) is 23.3 Å². The molecule has 1 N–H and O–H groups in total. The van der Waals surface area contributed by atoms with Gasteiger partial charge in [-0.05, 0) is 45.1 Å². The molecule has 2 rings (SSSR count). The topological polar surface area (TPSA) is 46.5 Å². The van der Waals surface area contributed by atoms with Crippen LogP contribution in [0.5, 0.6) is 0 Å². The zero-order valence-corrected chi connectivity index (χ0v) is 13.0. The first-order chi connectivity index (χ1) is 9.27. The molecule has 0 spiro atoms. The molecular formula is C17H26O3. The molecule has 0 bridgehead atoms. The van der Waals surface area contributed by atoms with Crippen LogP contribution in [0.15, 0.2) is 23.3 Å². The van der Waals surface area contributed by atoms with Gasteiger partial charge in [-0.25, -0.2) is 0 Å². The van der Waals surface area contributed by atoms with Crippen LogP contribution in [0.1, 0.15) is 53.4 Å². The van der Waals surface area contributed by atoms with E-state index in [1.807, 2.05) is 6.92 Å². The lowest BCUT2D eigenvalue weighted by atomic mass is 9.58. The van der Waals surface area contributed by atoms with Crippen LogP contribution in [0, 0.1) is 11.3 Å². The Morgan fingerprint density at radius 1 is 1.45 bits per heavy atom. The van der Waals surface area contributed by atoms with E-state index in [9.17, 15) is 9.90 Å². The quantitative estimate of drug-likeness (QED) is 0.622. The highest BCUT2D eigenvalue weighted by molar-refractivity contribution is 5.66. The van der Waals surface area contributed by atoms with Gasteiger partial charge in [-0.2, -0.15) is 0 Å². The highest BCUT2D eigenvalue weighted by atomic mass is 16.5. The lowest BCUT2D eigenvalue weighted by molar-refractivity contribution is -0.157. The second-order valence-electron chi connectivity index (χ2n) is 6.70. The van der Waals surface area contributed by atoms with Crippen molar-refractivity contribution < 1.29 is 14.6 Å². The molecule has 1 saturated carbocycles. The molecule has 0 heterocycles. The van der Waals surface area contributed by atoms with Crippen LogP contribution in [0.3, 0.4) is 0 Å². The first-order valence-electron chi connectivity index (χ1n) is 7.48. The Kier molecular flexibility index (Phi) is 4.10. The van der Waals surface area contributed by atoms with Crippen molar-refractivity contribution in [2.24, 2.45) is 11.3 Å². The fourth-order valence-electron chi connectivity index (χ4n) is 4.07. The van der Waals surface area contributed by atoms with Crippen molar-refractivity contribution in [3.8, 4) is 0 Å². The molecule has 4 atom stereocenters. The van der Waals surface area contributed by atoms with Crippen LogP contribution in [-0.2, 0) is 9.53 Å². The van der Waals surface area contributed by atoms with Gasteiger partial charge < -0.3 is 9.84 Å². The highest BCUT2D eigenvalue weighted by Gasteiger charge is 2.51. The molecule has 1 fully saturated rings. The first kappa shape index (κ1) is 15.3. The lowest BCUT2D eigenvalue weighted by Gasteiger charge is -2.51. The molecule has 0 aliphatic heterocycles. The van der Waals surface area contributed by atoms with E-state index in [0.29, 0.717) is 6.42 Å². The third kappa shape index (κ3) is 2.44. The van der Waals surface area contributed by atoms with Gasteiger partial charge in [0.05, 0.1) is 6.10 Å². The highest BCUT2D eigenvalue weighted by Crippen LogP contribution is 2.53. The van der Waals surface area contributed by atoms with Crippen LogP contribution in [0.2, 0.25) is 0 Å². The Hall–Kier alpha value is -1.09. The Labute approximate surface area is 121 Å². The number of allylic oxidation sites excluding steroid dienone is 1. The van der Waals surface area contributed by atoms with Crippen LogP contribution in [0.4, 0.5) is 0 Å². The number of esters is 1. The number of aliphatic hydroxyl groups is 1. The van der Waals surface area contributed by atoms with Gasteiger partial charge in [0, 0.05) is 18.3 Å². The molecule has 0 saturated heterocycles. The van der Waals surface area contributed by atoms with Gasteiger partial charge in [0.25, 0.3) is 0 Å². The molecule has 20 heavy (non-hydrogen) atoms. The summed E-state index contributed by atoms with van der Waals surface area (Å²) in [5.74, 6) is -0.258. The maximum absolute atomic E-state index is 11.4. The first-order valence-corrected chi connectivity index (χ1v) is 7.48. The van der Waals surface area contributed by atoms with Gasteiger partial charge in [0.2, 0.25) is 0 Å². The second-order valence-corrected chi connectivity index (χ2v) is 6.70. The predicted octanol–water partition coefficient (Wildman–Crippen LogP) is 3.38. The summed E-state index contributed by atoms with van der Waals surface area (Å²) in [4.78, 5) is 11.4. The Morgan fingerprint density at radius 3 is 2.65 bits per heavy atom. The van der Waals surface area contributed by atoms with Gasteiger partial charge in [0.15, 0.2) is 0 Å². The molecule has 0 aromatic heterocycles. The standard InChI is InChI=1S/C17H26O3/c1-10(2)13-9-14(20-12(4)18)17(5)8-6-7-11(3)15(17)16(13)19/h13-14,16,19H,1,6-9H2,2-5H3. The van der Waals surface area contributed by atoms with E-state index in [2.05, 4.69) is 20.4 Å². The number of ether oxygens (including phenoxy) is 1. The number of aliphatic hydroxyl groups excluding tert-OH is 1.